The molecule has 0 aromatic carbocycles. The van der Waals surface area contributed by atoms with Gasteiger partial charge in [-0.3, -0.25) is 9.59 Å². The van der Waals surface area contributed by atoms with Crippen LogP contribution in [-0.4, -0.2) is 38.8 Å². The van der Waals surface area contributed by atoms with Crippen molar-refractivity contribution in [2.75, 3.05) is 0 Å². The van der Waals surface area contributed by atoms with Gasteiger partial charge in [0.05, 0.1) is 11.7 Å². The largest absolute Gasteiger partial charge is 0.481 e. The number of fused-ring (bicyclic) bond motifs is 1. The van der Waals surface area contributed by atoms with Crippen molar-refractivity contribution < 1.29 is 24.9 Å². The maximum atomic E-state index is 13.3. The van der Waals surface area contributed by atoms with Crippen molar-refractivity contribution in [3.05, 3.63) is 35.5 Å². The summed E-state index contributed by atoms with van der Waals surface area (Å²) in [5.41, 5.74) is 2.97. The van der Waals surface area contributed by atoms with Gasteiger partial charge in [-0.05, 0) is 100 Å². The Bertz CT molecular complexity index is 907. The summed E-state index contributed by atoms with van der Waals surface area (Å²) in [6.45, 7) is 12.7. The second kappa shape index (κ2) is 12.4. The molecule has 0 spiro atoms. The molecule has 3 aliphatic rings. The third-order valence-electron chi connectivity index (χ3n) is 9.62. The molecular weight excluding hydrogens is 464 g/mol. The van der Waals surface area contributed by atoms with Gasteiger partial charge in [-0.2, -0.15) is 0 Å². The molecule has 0 heterocycles. The van der Waals surface area contributed by atoms with Gasteiger partial charge in [0.15, 0.2) is 0 Å². The van der Waals surface area contributed by atoms with E-state index in [0.29, 0.717) is 37.0 Å². The van der Waals surface area contributed by atoms with Crippen molar-refractivity contribution in [1.82, 2.24) is 0 Å². The van der Waals surface area contributed by atoms with Crippen molar-refractivity contribution in [3.8, 4) is 0 Å². The summed E-state index contributed by atoms with van der Waals surface area (Å²) in [5.74, 6) is 0.779. The standard InChI is InChI=1S/C32H50O5/c1-21-11-14-26(33)19-23(21)12-13-24-18-25(29(34)9-6-10-30(35)36)20-32(5)27(15-16-28(24)32)22(2)8-7-17-31(3,4)37/h12-13,22,25-28,33,37H,1,6-11,14-20H2,2-5H3,(H,35,36)/b23-12-,24-13+/t22-,25+,26+,27-,28+,32-/m1/s1. The third-order valence-corrected chi connectivity index (χ3v) is 9.62. The fourth-order valence-electron chi connectivity index (χ4n) is 7.61. The van der Waals surface area contributed by atoms with Crippen LogP contribution in [0.4, 0.5) is 0 Å². The number of carboxylic acid groups (broad SMARTS) is 1. The van der Waals surface area contributed by atoms with E-state index in [1.807, 2.05) is 13.8 Å². The Balaban J connectivity index is 1.83. The lowest BCUT2D eigenvalue weighted by molar-refractivity contribution is -0.137. The van der Waals surface area contributed by atoms with Crippen LogP contribution in [0.5, 0.6) is 0 Å². The Hall–Kier alpha value is -1.72. The van der Waals surface area contributed by atoms with E-state index in [4.69, 9.17) is 5.11 Å². The fourth-order valence-corrected chi connectivity index (χ4v) is 7.61. The van der Waals surface area contributed by atoms with Gasteiger partial charge in [0.25, 0.3) is 0 Å². The molecule has 5 nitrogen and oxygen atoms in total. The van der Waals surface area contributed by atoms with E-state index in [1.165, 1.54) is 5.57 Å². The number of Topliss-reactive ketones (excluding diaryl/α,β-unsaturated/α-hetero) is 1. The molecule has 0 radical (unpaired) electrons. The number of aliphatic carboxylic acids is 1. The maximum absolute atomic E-state index is 13.3. The number of ketones is 1. The Morgan fingerprint density at radius 2 is 1.86 bits per heavy atom. The highest BCUT2D eigenvalue weighted by Gasteiger charge is 2.53. The minimum absolute atomic E-state index is 0.0347. The topological polar surface area (TPSA) is 94.8 Å². The number of aliphatic hydroxyl groups is 2. The summed E-state index contributed by atoms with van der Waals surface area (Å²) in [6.07, 6.45) is 13.9. The Labute approximate surface area is 224 Å². The van der Waals surface area contributed by atoms with Gasteiger partial charge in [0.2, 0.25) is 0 Å². The summed E-state index contributed by atoms with van der Waals surface area (Å²) >= 11 is 0. The summed E-state index contributed by atoms with van der Waals surface area (Å²) in [4.78, 5) is 24.3. The van der Waals surface area contributed by atoms with Crippen molar-refractivity contribution in [1.29, 1.82) is 0 Å². The van der Waals surface area contributed by atoms with Crippen LogP contribution in [0.15, 0.2) is 35.5 Å². The molecule has 3 fully saturated rings. The molecule has 6 atom stereocenters. The highest BCUT2D eigenvalue weighted by Crippen LogP contribution is 2.61. The van der Waals surface area contributed by atoms with Gasteiger partial charge < -0.3 is 15.3 Å². The Kier molecular flexibility index (Phi) is 10.0. The minimum atomic E-state index is -0.846. The molecule has 3 N–H and O–H groups in total. The molecule has 3 aliphatic carbocycles. The number of hydrogen-bond acceptors (Lipinski definition) is 4. The lowest BCUT2D eigenvalue weighted by atomic mass is 9.57. The number of carbonyl (C=O) groups is 2. The number of carbonyl (C=O) groups excluding carboxylic acids is 1. The van der Waals surface area contributed by atoms with E-state index in [2.05, 4.69) is 32.6 Å². The first-order valence-corrected chi connectivity index (χ1v) is 14.5. The molecule has 0 aliphatic heterocycles. The average Bonchev–Trinajstić information content (AvgIpc) is 3.15. The Morgan fingerprint density at radius 1 is 1.14 bits per heavy atom. The average molecular weight is 515 g/mol. The smallest absolute Gasteiger partial charge is 0.303 e. The van der Waals surface area contributed by atoms with E-state index >= 15 is 0 Å². The lowest BCUT2D eigenvalue weighted by Gasteiger charge is -2.47. The molecule has 3 saturated carbocycles. The zero-order chi connectivity index (χ0) is 27.4. The molecule has 208 valence electrons. The molecule has 0 aromatic rings. The number of allylic oxidation sites excluding steroid dienone is 4. The quantitative estimate of drug-likeness (QED) is 0.282. The van der Waals surface area contributed by atoms with Crippen molar-refractivity contribution >= 4 is 11.8 Å². The summed E-state index contributed by atoms with van der Waals surface area (Å²) in [6, 6.07) is 0. The van der Waals surface area contributed by atoms with Crippen LogP contribution in [0.2, 0.25) is 0 Å². The zero-order valence-electron chi connectivity index (χ0n) is 23.6. The van der Waals surface area contributed by atoms with Crippen LogP contribution in [-0.2, 0) is 9.59 Å². The number of hydrogen-bond donors (Lipinski definition) is 3. The highest BCUT2D eigenvalue weighted by atomic mass is 16.4. The summed E-state index contributed by atoms with van der Waals surface area (Å²) in [7, 11) is 0. The SMILES string of the molecule is C=C1CC[C@H](O)C/C1=C/C=C1\C[C@H](C(=O)CCCC(=O)O)C[C@]2(C)[C@@H]([C@H](C)CCCC(C)(C)O)CC[C@@H]12. The van der Waals surface area contributed by atoms with E-state index in [0.717, 1.165) is 68.9 Å². The van der Waals surface area contributed by atoms with Gasteiger partial charge in [-0.25, -0.2) is 0 Å². The summed E-state index contributed by atoms with van der Waals surface area (Å²) < 4.78 is 0. The van der Waals surface area contributed by atoms with Crippen LogP contribution in [0.1, 0.15) is 111 Å². The predicted octanol–water partition coefficient (Wildman–Crippen LogP) is 6.78. The van der Waals surface area contributed by atoms with Crippen LogP contribution >= 0.6 is 0 Å². The zero-order valence-corrected chi connectivity index (χ0v) is 23.6. The van der Waals surface area contributed by atoms with Gasteiger partial charge in [-0.15, -0.1) is 0 Å². The van der Waals surface area contributed by atoms with Gasteiger partial charge in [-0.1, -0.05) is 56.6 Å². The monoisotopic (exact) mass is 514 g/mol. The normalized spacial score (nSPS) is 33.5. The molecular formula is C32H50O5. The third kappa shape index (κ3) is 7.89. The predicted molar refractivity (Wildman–Crippen MR) is 148 cm³/mol. The number of carboxylic acids is 1. The van der Waals surface area contributed by atoms with E-state index in [9.17, 15) is 19.8 Å². The second-order valence-corrected chi connectivity index (χ2v) is 13.2. The van der Waals surface area contributed by atoms with Gasteiger partial charge in [0, 0.05) is 18.8 Å². The minimum Gasteiger partial charge on any atom is -0.481 e. The number of aliphatic hydroxyl groups excluding tert-OH is 1. The molecule has 37 heavy (non-hydrogen) atoms. The highest BCUT2D eigenvalue weighted by molar-refractivity contribution is 5.82. The molecule has 0 aromatic heterocycles. The first-order chi connectivity index (χ1) is 17.3. The first kappa shape index (κ1) is 29.8. The van der Waals surface area contributed by atoms with E-state index in [1.54, 1.807) is 0 Å². The van der Waals surface area contributed by atoms with E-state index < -0.39 is 11.6 Å². The molecule has 0 unspecified atom stereocenters. The lowest BCUT2D eigenvalue weighted by Crippen LogP contribution is -2.41. The van der Waals surface area contributed by atoms with Crippen LogP contribution in [0, 0.1) is 29.1 Å². The van der Waals surface area contributed by atoms with Crippen molar-refractivity contribution in [2.24, 2.45) is 29.1 Å². The molecule has 5 heteroatoms. The maximum Gasteiger partial charge on any atom is 0.303 e. The van der Waals surface area contributed by atoms with Crippen LogP contribution in [0.25, 0.3) is 0 Å². The van der Waals surface area contributed by atoms with Gasteiger partial charge in [0.1, 0.15) is 5.78 Å². The first-order valence-electron chi connectivity index (χ1n) is 14.5. The van der Waals surface area contributed by atoms with Crippen molar-refractivity contribution in [3.63, 3.8) is 0 Å². The van der Waals surface area contributed by atoms with Crippen molar-refractivity contribution in [2.45, 2.75) is 123 Å². The Morgan fingerprint density at radius 3 is 2.54 bits per heavy atom. The molecule has 0 amide bonds. The molecule has 3 rings (SSSR count). The van der Waals surface area contributed by atoms with Gasteiger partial charge >= 0.3 is 5.97 Å². The van der Waals surface area contributed by atoms with E-state index in [-0.39, 0.29) is 29.6 Å². The fraction of sp³-hybridized carbons (Fsp3) is 0.750. The van der Waals surface area contributed by atoms with Crippen LogP contribution in [0.3, 0.4) is 0 Å². The second-order valence-electron chi connectivity index (χ2n) is 13.2. The molecule has 0 bridgehead atoms. The number of rotatable bonds is 11. The van der Waals surface area contributed by atoms with Crippen LogP contribution < -0.4 is 0 Å². The molecule has 0 saturated heterocycles. The summed E-state index contributed by atoms with van der Waals surface area (Å²) in [5, 5.41) is 29.4.